The van der Waals surface area contributed by atoms with Crippen molar-refractivity contribution in [3.05, 3.63) is 41.7 Å². The third kappa shape index (κ3) is 1.85. The maximum Gasteiger partial charge on any atom is 0.0692 e. The Morgan fingerprint density at radius 2 is 2.13 bits per heavy atom. The molecule has 0 amide bonds. The van der Waals surface area contributed by atoms with E-state index in [2.05, 4.69) is 5.10 Å². The van der Waals surface area contributed by atoms with Crippen molar-refractivity contribution in [2.24, 2.45) is 5.73 Å². The van der Waals surface area contributed by atoms with E-state index >= 15 is 0 Å². The second-order valence-corrected chi connectivity index (χ2v) is 3.49. The molecule has 0 spiro atoms. The molecule has 0 fully saturated rings. The lowest BCUT2D eigenvalue weighted by Crippen LogP contribution is -2.06. The number of aromatic nitrogens is 2. The number of hydrogen-bond donors (Lipinski definition) is 2. The van der Waals surface area contributed by atoms with Crippen LogP contribution in [0.3, 0.4) is 0 Å². The Kier molecular flexibility index (Phi) is 2.43. The van der Waals surface area contributed by atoms with Crippen LogP contribution in [-0.2, 0) is 6.54 Å². The van der Waals surface area contributed by atoms with Crippen molar-refractivity contribution in [3.63, 3.8) is 0 Å². The Hall–Kier alpha value is -1.81. The molecule has 1 aromatic carbocycles. The summed E-state index contributed by atoms with van der Waals surface area (Å²) >= 11 is 0. The second kappa shape index (κ2) is 3.74. The lowest BCUT2D eigenvalue weighted by atomic mass is 10.1. The molecule has 0 radical (unpaired) electrons. The van der Waals surface area contributed by atoms with E-state index < -0.39 is 0 Å². The van der Waals surface area contributed by atoms with Gasteiger partial charge in [-0.1, -0.05) is 0 Å². The minimum absolute atomic E-state index is 0.458. The molecule has 0 bridgehead atoms. The van der Waals surface area contributed by atoms with E-state index in [1.807, 2.05) is 42.1 Å². The summed E-state index contributed by atoms with van der Waals surface area (Å²) in [5, 5.41) is 4.34. The number of hydrogen-bond acceptors (Lipinski definition) is 3. The fourth-order valence-electron chi connectivity index (χ4n) is 1.54. The fraction of sp³-hybridized carbons (Fsp3) is 0.182. The number of nitrogens with zero attached hydrogens (tertiary/aromatic N) is 2. The number of benzene rings is 1. The highest BCUT2D eigenvalue weighted by Gasteiger charge is 2.04. The molecule has 0 saturated carbocycles. The van der Waals surface area contributed by atoms with E-state index in [-0.39, 0.29) is 0 Å². The van der Waals surface area contributed by atoms with Gasteiger partial charge >= 0.3 is 0 Å². The van der Waals surface area contributed by atoms with Gasteiger partial charge in [0.2, 0.25) is 0 Å². The molecule has 2 aromatic rings. The molecule has 0 aliphatic carbocycles. The Morgan fingerprint density at radius 3 is 2.73 bits per heavy atom. The van der Waals surface area contributed by atoms with Crippen LogP contribution in [0.2, 0.25) is 0 Å². The minimum Gasteiger partial charge on any atom is -0.399 e. The number of rotatable bonds is 2. The van der Waals surface area contributed by atoms with E-state index in [1.165, 1.54) is 0 Å². The fourth-order valence-corrected chi connectivity index (χ4v) is 1.54. The lowest BCUT2D eigenvalue weighted by molar-refractivity contribution is 0.844. The van der Waals surface area contributed by atoms with Gasteiger partial charge in [-0.2, -0.15) is 5.10 Å². The van der Waals surface area contributed by atoms with Crippen molar-refractivity contribution in [2.75, 3.05) is 5.73 Å². The van der Waals surface area contributed by atoms with Crippen LogP contribution in [0.5, 0.6) is 0 Å². The number of nitrogens with two attached hydrogens (primary N) is 2. The van der Waals surface area contributed by atoms with Crippen molar-refractivity contribution in [2.45, 2.75) is 13.5 Å². The van der Waals surface area contributed by atoms with Crippen molar-refractivity contribution in [1.29, 1.82) is 0 Å². The van der Waals surface area contributed by atoms with E-state index in [4.69, 9.17) is 11.5 Å². The molecule has 1 aromatic heterocycles. The first kappa shape index (κ1) is 9.73. The average molecular weight is 202 g/mol. The molecule has 4 N–H and O–H groups in total. The Balaban J connectivity index is 2.52. The summed E-state index contributed by atoms with van der Waals surface area (Å²) in [5.41, 5.74) is 15.1. The average Bonchev–Trinajstić information content (AvgIpc) is 2.64. The van der Waals surface area contributed by atoms with Gasteiger partial charge in [0.1, 0.15) is 0 Å². The van der Waals surface area contributed by atoms with Crippen LogP contribution in [0.4, 0.5) is 5.69 Å². The molecule has 0 aliphatic heterocycles. The third-order valence-corrected chi connectivity index (χ3v) is 2.29. The largest absolute Gasteiger partial charge is 0.399 e. The summed E-state index contributed by atoms with van der Waals surface area (Å²) in [7, 11) is 0. The van der Waals surface area contributed by atoms with Gasteiger partial charge in [0.15, 0.2) is 0 Å². The number of nitrogen functional groups attached to an aromatic ring is 1. The molecular weight excluding hydrogens is 188 g/mol. The molecule has 1 heterocycles. The monoisotopic (exact) mass is 202 g/mol. The van der Waals surface area contributed by atoms with Gasteiger partial charge in [-0.25, -0.2) is 4.68 Å². The van der Waals surface area contributed by atoms with Crippen LogP contribution in [-0.4, -0.2) is 9.78 Å². The zero-order valence-corrected chi connectivity index (χ0v) is 8.64. The summed E-state index contributed by atoms with van der Waals surface area (Å²) in [4.78, 5) is 0. The standard InChI is InChI=1S/C11H14N4/c1-8-4-5-15(14-8)11-3-2-10(13)6-9(11)7-12/h2-6H,7,12-13H2,1H3. The van der Waals surface area contributed by atoms with Gasteiger partial charge in [-0.15, -0.1) is 0 Å². The lowest BCUT2D eigenvalue weighted by Gasteiger charge is -2.08. The highest BCUT2D eigenvalue weighted by atomic mass is 15.3. The topological polar surface area (TPSA) is 69.9 Å². The van der Waals surface area contributed by atoms with Crippen molar-refractivity contribution < 1.29 is 0 Å². The first-order chi connectivity index (χ1) is 7.20. The van der Waals surface area contributed by atoms with Gasteiger partial charge in [0.05, 0.1) is 11.4 Å². The smallest absolute Gasteiger partial charge is 0.0692 e. The van der Waals surface area contributed by atoms with Gasteiger partial charge in [-0.3, -0.25) is 0 Å². The first-order valence-electron chi connectivity index (χ1n) is 4.82. The SMILES string of the molecule is Cc1ccn(-c2ccc(N)cc2CN)n1. The molecule has 78 valence electrons. The van der Waals surface area contributed by atoms with Crippen molar-refractivity contribution in [1.82, 2.24) is 9.78 Å². The maximum absolute atomic E-state index is 5.70. The Bertz CT molecular complexity index is 473. The molecule has 0 unspecified atom stereocenters. The van der Waals surface area contributed by atoms with Crippen LogP contribution in [0.25, 0.3) is 5.69 Å². The first-order valence-corrected chi connectivity index (χ1v) is 4.82. The Labute approximate surface area is 88.5 Å². The molecule has 4 heteroatoms. The highest BCUT2D eigenvalue weighted by Crippen LogP contribution is 2.17. The van der Waals surface area contributed by atoms with E-state index in [9.17, 15) is 0 Å². The van der Waals surface area contributed by atoms with Gasteiger partial charge in [-0.05, 0) is 36.8 Å². The van der Waals surface area contributed by atoms with Gasteiger partial charge < -0.3 is 11.5 Å². The third-order valence-electron chi connectivity index (χ3n) is 2.29. The molecule has 0 atom stereocenters. The molecule has 2 rings (SSSR count). The highest BCUT2D eigenvalue weighted by molar-refractivity contribution is 5.51. The molecule has 4 nitrogen and oxygen atoms in total. The van der Waals surface area contributed by atoms with Gasteiger partial charge in [0.25, 0.3) is 0 Å². The van der Waals surface area contributed by atoms with Crippen LogP contribution in [0.1, 0.15) is 11.3 Å². The Morgan fingerprint density at radius 1 is 1.33 bits per heavy atom. The summed E-state index contributed by atoms with van der Waals surface area (Å²) in [5.74, 6) is 0. The van der Waals surface area contributed by atoms with Crippen LogP contribution < -0.4 is 11.5 Å². The zero-order valence-electron chi connectivity index (χ0n) is 8.64. The quantitative estimate of drug-likeness (QED) is 0.719. The minimum atomic E-state index is 0.458. The molecule has 0 aliphatic rings. The summed E-state index contributed by atoms with van der Waals surface area (Å²) < 4.78 is 1.82. The van der Waals surface area contributed by atoms with Gasteiger partial charge in [0, 0.05) is 18.4 Å². The summed E-state index contributed by atoms with van der Waals surface area (Å²) in [6, 6.07) is 7.62. The maximum atomic E-state index is 5.70. The van der Waals surface area contributed by atoms with Crippen LogP contribution >= 0.6 is 0 Å². The second-order valence-electron chi connectivity index (χ2n) is 3.49. The molecular formula is C11H14N4. The normalized spacial score (nSPS) is 10.5. The number of aryl methyl sites for hydroxylation is 1. The molecule has 0 saturated heterocycles. The van der Waals surface area contributed by atoms with Crippen LogP contribution in [0, 0.1) is 6.92 Å². The predicted molar refractivity (Wildman–Crippen MR) is 60.6 cm³/mol. The summed E-state index contributed by atoms with van der Waals surface area (Å²) in [6.45, 7) is 2.41. The predicted octanol–water partition coefficient (Wildman–Crippen LogP) is 1.22. The van der Waals surface area contributed by atoms with E-state index in [0.29, 0.717) is 6.54 Å². The zero-order chi connectivity index (χ0) is 10.8. The summed E-state index contributed by atoms with van der Waals surface area (Å²) in [6.07, 6.45) is 1.92. The van der Waals surface area contributed by atoms with E-state index in [0.717, 1.165) is 22.6 Å². The molecule has 15 heavy (non-hydrogen) atoms. The van der Waals surface area contributed by atoms with E-state index in [1.54, 1.807) is 0 Å². The van der Waals surface area contributed by atoms with Crippen molar-refractivity contribution in [3.8, 4) is 5.69 Å². The number of anilines is 1. The van der Waals surface area contributed by atoms with Crippen LogP contribution in [0.15, 0.2) is 30.5 Å². The van der Waals surface area contributed by atoms with Crippen molar-refractivity contribution >= 4 is 5.69 Å².